The molecule has 0 saturated carbocycles. The molecular formula is C23H23N3O5S2. The molecule has 1 aromatic heterocycles. The van der Waals surface area contributed by atoms with Gasteiger partial charge in [-0.15, -0.1) is 11.3 Å². The van der Waals surface area contributed by atoms with E-state index in [0.717, 1.165) is 17.4 Å². The fraction of sp³-hybridized carbons (Fsp3) is 0.217. The Balaban J connectivity index is 1.72. The van der Waals surface area contributed by atoms with Crippen LogP contribution in [0.2, 0.25) is 0 Å². The Labute approximate surface area is 196 Å². The number of benzene rings is 2. The van der Waals surface area contributed by atoms with E-state index in [2.05, 4.69) is 9.82 Å². The lowest BCUT2D eigenvalue weighted by Gasteiger charge is -2.24. The fourth-order valence-electron chi connectivity index (χ4n) is 3.75. The summed E-state index contributed by atoms with van der Waals surface area (Å²) in [6.07, 6.45) is 1.56. The number of rotatable bonds is 7. The predicted octanol–water partition coefficient (Wildman–Crippen LogP) is 4.13. The quantitative estimate of drug-likeness (QED) is 0.543. The van der Waals surface area contributed by atoms with Gasteiger partial charge in [0.1, 0.15) is 0 Å². The Morgan fingerprint density at radius 3 is 2.45 bits per heavy atom. The van der Waals surface area contributed by atoms with Crippen molar-refractivity contribution in [3.63, 3.8) is 0 Å². The number of para-hydroxylation sites is 1. The van der Waals surface area contributed by atoms with Crippen LogP contribution in [0.15, 0.2) is 65.1 Å². The number of hydrazone groups is 1. The minimum Gasteiger partial charge on any atom is -0.493 e. The van der Waals surface area contributed by atoms with Crippen molar-refractivity contribution >= 4 is 38.7 Å². The summed E-state index contributed by atoms with van der Waals surface area (Å²) >= 11 is 1.36. The standard InChI is InChI=1S/C23H23N3O5S2/c1-30-20-7-4-6-17(22(20)31-2)19-14-18(24-26(19)23(27)21-8-5-13-32-21)15-9-11-16(12-10-15)25-33(3,28)29/h4-13,19,25H,14H2,1-3H3. The number of thiophene rings is 1. The lowest BCUT2D eigenvalue weighted by Crippen LogP contribution is -2.26. The van der Waals surface area contributed by atoms with Crippen molar-refractivity contribution in [1.82, 2.24) is 5.01 Å². The SMILES string of the molecule is COc1cccc(C2CC(c3ccc(NS(C)(=O)=O)cc3)=NN2C(=O)c2cccs2)c1OC. The monoisotopic (exact) mass is 485 g/mol. The van der Waals surface area contributed by atoms with Crippen LogP contribution < -0.4 is 14.2 Å². The number of ether oxygens (including phenoxy) is 2. The summed E-state index contributed by atoms with van der Waals surface area (Å²) in [6.45, 7) is 0. The van der Waals surface area contributed by atoms with E-state index < -0.39 is 16.1 Å². The average Bonchev–Trinajstić information content (AvgIpc) is 3.48. The Kier molecular flexibility index (Phi) is 6.39. The lowest BCUT2D eigenvalue weighted by molar-refractivity contribution is 0.0714. The molecule has 33 heavy (non-hydrogen) atoms. The van der Waals surface area contributed by atoms with E-state index in [1.165, 1.54) is 16.3 Å². The third-order valence-electron chi connectivity index (χ3n) is 5.16. The van der Waals surface area contributed by atoms with E-state index in [0.29, 0.717) is 34.2 Å². The van der Waals surface area contributed by atoms with Crippen LogP contribution in [0.25, 0.3) is 0 Å². The maximum atomic E-state index is 13.3. The highest BCUT2D eigenvalue weighted by Gasteiger charge is 2.36. The van der Waals surface area contributed by atoms with Gasteiger partial charge in [-0.1, -0.05) is 30.3 Å². The molecule has 0 saturated heterocycles. The fourth-order valence-corrected chi connectivity index (χ4v) is 4.97. The molecule has 4 rings (SSSR count). The maximum Gasteiger partial charge on any atom is 0.284 e. The van der Waals surface area contributed by atoms with Crippen LogP contribution in [0.5, 0.6) is 11.5 Å². The number of carbonyl (C=O) groups excluding carboxylic acids is 1. The molecule has 8 nitrogen and oxygen atoms in total. The zero-order valence-corrected chi connectivity index (χ0v) is 19.9. The second kappa shape index (κ2) is 9.24. The summed E-state index contributed by atoms with van der Waals surface area (Å²) in [7, 11) is -0.236. The normalized spacial score (nSPS) is 15.8. The van der Waals surface area contributed by atoms with Gasteiger partial charge in [0, 0.05) is 17.7 Å². The zero-order chi connectivity index (χ0) is 23.6. The third-order valence-corrected chi connectivity index (χ3v) is 6.63. The summed E-state index contributed by atoms with van der Waals surface area (Å²) in [5, 5.41) is 8.02. The van der Waals surface area contributed by atoms with Crippen LogP contribution in [0, 0.1) is 0 Å². The molecule has 1 aliphatic heterocycles. The zero-order valence-electron chi connectivity index (χ0n) is 18.3. The Morgan fingerprint density at radius 1 is 1.09 bits per heavy atom. The summed E-state index contributed by atoms with van der Waals surface area (Å²) in [5.41, 5.74) is 2.75. The van der Waals surface area contributed by atoms with Gasteiger partial charge in [0.05, 0.1) is 37.1 Å². The first-order chi connectivity index (χ1) is 15.8. The van der Waals surface area contributed by atoms with Crippen LogP contribution >= 0.6 is 11.3 Å². The van der Waals surface area contributed by atoms with Crippen molar-refractivity contribution in [3.8, 4) is 11.5 Å². The van der Waals surface area contributed by atoms with Crippen LogP contribution in [-0.2, 0) is 10.0 Å². The van der Waals surface area contributed by atoms with Crippen molar-refractivity contribution in [2.45, 2.75) is 12.5 Å². The van der Waals surface area contributed by atoms with Crippen LogP contribution in [-0.4, -0.2) is 45.5 Å². The van der Waals surface area contributed by atoms with E-state index in [1.807, 2.05) is 23.6 Å². The van der Waals surface area contributed by atoms with E-state index in [1.54, 1.807) is 50.6 Å². The summed E-state index contributed by atoms with van der Waals surface area (Å²) in [6, 6.07) is 15.7. The second-order valence-electron chi connectivity index (χ2n) is 7.43. The highest BCUT2D eigenvalue weighted by atomic mass is 32.2. The molecule has 0 fully saturated rings. The van der Waals surface area contributed by atoms with Gasteiger partial charge < -0.3 is 9.47 Å². The summed E-state index contributed by atoms with van der Waals surface area (Å²) in [5.74, 6) is 0.923. The van der Waals surface area contributed by atoms with Crippen LogP contribution in [0.1, 0.15) is 33.3 Å². The Morgan fingerprint density at radius 2 is 1.85 bits per heavy atom. The van der Waals surface area contributed by atoms with E-state index in [4.69, 9.17) is 9.47 Å². The van der Waals surface area contributed by atoms with Gasteiger partial charge in [-0.2, -0.15) is 5.10 Å². The van der Waals surface area contributed by atoms with Crippen molar-refractivity contribution < 1.29 is 22.7 Å². The predicted molar refractivity (Wildman–Crippen MR) is 129 cm³/mol. The number of nitrogens with one attached hydrogen (secondary N) is 1. The minimum absolute atomic E-state index is 0.203. The maximum absolute atomic E-state index is 13.3. The van der Waals surface area contributed by atoms with Gasteiger partial charge in [-0.05, 0) is 35.2 Å². The van der Waals surface area contributed by atoms with Crippen LogP contribution in [0.3, 0.4) is 0 Å². The Bertz CT molecular complexity index is 1290. The Hall–Kier alpha value is -3.37. The molecule has 2 heterocycles. The molecule has 1 N–H and O–H groups in total. The molecule has 1 aliphatic rings. The topological polar surface area (TPSA) is 97.3 Å². The number of sulfonamides is 1. The van der Waals surface area contributed by atoms with Gasteiger partial charge in [0.25, 0.3) is 5.91 Å². The molecule has 0 radical (unpaired) electrons. The number of nitrogens with zero attached hydrogens (tertiary/aromatic N) is 2. The first kappa shape index (κ1) is 22.8. The third kappa shape index (κ3) is 4.86. The van der Waals surface area contributed by atoms with Crippen molar-refractivity contribution in [3.05, 3.63) is 76.0 Å². The van der Waals surface area contributed by atoms with E-state index >= 15 is 0 Å². The number of methoxy groups -OCH3 is 2. The van der Waals surface area contributed by atoms with Gasteiger partial charge >= 0.3 is 0 Å². The van der Waals surface area contributed by atoms with Crippen molar-refractivity contribution in [1.29, 1.82) is 0 Å². The minimum atomic E-state index is -3.37. The van der Waals surface area contributed by atoms with E-state index in [9.17, 15) is 13.2 Å². The van der Waals surface area contributed by atoms with Gasteiger partial charge in [0.15, 0.2) is 11.5 Å². The molecule has 1 amide bonds. The molecule has 10 heteroatoms. The second-order valence-corrected chi connectivity index (χ2v) is 10.1. The molecule has 1 unspecified atom stereocenters. The molecule has 0 bridgehead atoms. The lowest BCUT2D eigenvalue weighted by atomic mass is 9.97. The smallest absolute Gasteiger partial charge is 0.284 e. The van der Waals surface area contributed by atoms with E-state index in [-0.39, 0.29) is 5.91 Å². The molecule has 0 spiro atoms. The first-order valence-electron chi connectivity index (χ1n) is 10.0. The molecule has 0 aliphatic carbocycles. The van der Waals surface area contributed by atoms with Gasteiger partial charge in [-0.3, -0.25) is 9.52 Å². The number of amides is 1. The number of hydrogen-bond donors (Lipinski definition) is 1. The van der Waals surface area contributed by atoms with Crippen molar-refractivity contribution in [2.75, 3.05) is 25.2 Å². The van der Waals surface area contributed by atoms with Gasteiger partial charge in [0.2, 0.25) is 10.0 Å². The van der Waals surface area contributed by atoms with Crippen molar-refractivity contribution in [2.24, 2.45) is 5.10 Å². The average molecular weight is 486 g/mol. The summed E-state index contributed by atoms with van der Waals surface area (Å²) in [4.78, 5) is 13.9. The largest absolute Gasteiger partial charge is 0.493 e. The van der Waals surface area contributed by atoms with Gasteiger partial charge in [-0.25, -0.2) is 13.4 Å². The molecular weight excluding hydrogens is 462 g/mol. The molecule has 3 aromatic rings. The number of anilines is 1. The molecule has 2 aromatic carbocycles. The highest BCUT2D eigenvalue weighted by Crippen LogP contribution is 2.42. The first-order valence-corrected chi connectivity index (χ1v) is 12.8. The summed E-state index contributed by atoms with van der Waals surface area (Å²) < 4.78 is 36.5. The number of hydrogen-bond acceptors (Lipinski definition) is 7. The number of carbonyl (C=O) groups is 1. The van der Waals surface area contributed by atoms with Crippen LogP contribution in [0.4, 0.5) is 5.69 Å². The highest BCUT2D eigenvalue weighted by molar-refractivity contribution is 7.92. The molecule has 1 atom stereocenters. The molecule has 172 valence electrons.